The molecular formula is C35H39N7O6S. The van der Waals surface area contributed by atoms with Crippen molar-refractivity contribution in [3.8, 4) is 17.1 Å². The highest BCUT2D eigenvalue weighted by Gasteiger charge is 2.39. The summed E-state index contributed by atoms with van der Waals surface area (Å²) >= 11 is 0. The van der Waals surface area contributed by atoms with Gasteiger partial charge in [-0.05, 0) is 67.9 Å². The van der Waals surface area contributed by atoms with Crippen LogP contribution in [0.25, 0.3) is 22.6 Å². The van der Waals surface area contributed by atoms with Gasteiger partial charge in [-0.3, -0.25) is 0 Å². The first-order valence-corrected chi connectivity index (χ1v) is 17.6. The summed E-state index contributed by atoms with van der Waals surface area (Å²) in [6.07, 6.45) is 4.76. The van der Waals surface area contributed by atoms with Gasteiger partial charge in [-0.1, -0.05) is 45.0 Å². The molecule has 5 aromatic rings. The van der Waals surface area contributed by atoms with Crippen LogP contribution in [0.4, 0.5) is 5.95 Å². The Kier molecular flexibility index (Phi) is 9.36. The highest BCUT2D eigenvalue weighted by atomic mass is 32.2. The number of aryl methyl sites for hydroxylation is 2. The number of hydrogen-bond acceptors (Lipinski definition) is 11. The van der Waals surface area contributed by atoms with E-state index in [4.69, 9.17) is 9.15 Å². The summed E-state index contributed by atoms with van der Waals surface area (Å²) in [5.74, 6) is -0.551. The molecule has 0 bridgehead atoms. The Balaban J connectivity index is 1.26. The molecule has 3 N–H and O–H groups in total. The quantitative estimate of drug-likeness (QED) is 0.123. The van der Waals surface area contributed by atoms with Gasteiger partial charge >= 0.3 is 5.97 Å². The van der Waals surface area contributed by atoms with Crippen molar-refractivity contribution in [2.75, 3.05) is 11.3 Å². The lowest BCUT2D eigenvalue weighted by Gasteiger charge is -2.22. The lowest BCUT2D eigenvalue weighted by Crippen LogP contribution is -2.36. The minimum absolute atomic E-state index is 0.0940. The van der Waals surface area contributed by atoms with Crippen molar-refractivity contribution in [1.29, 1.82) is 0 Å². The van der Waals surface area contributed by atoms with Crippen LogP contribution in [0.2, 0.25) is 0 Å². The van der Waals surface area contributed by atoms with Crippen molar-refractivity contribution < 1.29 is 27.5 Å². The Hall–Kier alpha value is -4.95. The third-order valence-electron chi connectivity index (χ3n) is 8.59. The van der Waals surface area contributed by atoms with Crippen LogP contribution in [-0.4, -0.2) is 57.1 Å². The molecule has 13 nitrogen and oxygen atoms in total. The molecule has 3 heterocycles. The summed E-state index contributed by atoms with van der Waals surface area (Å²) in [5.41, 5.74) is 4.79. The summed E-state index contributed by atoms with van der Waals surface area (Å²) in [7, 11) is -4.24. The molecule has 2 aromatic carbocycles. The third-order valence-corrected chi connectivity index (χ3v) is 9.91. The van der Waals surface area contributed by atoms with Crippen LogP contribution in [0.3, 0.4) is 0 Å². The standard InChI is InChI=1S/C35H39N7O6S/c1-20(2)31-41-30-32(48-31)38-25(18-37-30)17-36-24(16-35(5)12-13-35)19-47-28-15-27(29-21(3)8-6-9-22(29)4)39-34(40-28)42-49(45,46)26-11-7-10-23(14-26)33(43)44/h6-11,14-15,18,20,24,36H,12-13,16-17,19H2,1-5H3,(H,43,44)(H,39,40,42). The first-order valence-electron chi connectivity index (χ1n) is 16.1. The van der Waals surface area contributed by atoms with E-state index < -0.39 is 16.0 Å². The predicted octanol–water partition coefficient (Wildman–Crippen LogP) is 6.04. The zero-order valence-corrected chi connectivity index (χ0v) is 28.8. The molecule has 0 amide bonds. The lowest BCUT2D eigenvalue weighted by atomic mass is 9.99. The summed E-state index contributed by atoms with van der Waals surface area (Å²) in [6, 6.07) is 12.5. The highest BCUT2D eigenvalue weighted by Crippen LogP contribution is 2.49. The molecule has 3 aromatic heterocycles. The molecule has 49 heavy (non-hydrogen) atoms. The summed E-state index contributed by atoms with van der Waals surface area (Å²) in [6.45, 7) is 10.8. The van der Waals surface area contributed by atoms with Crippen molar-refractivity contribution in [3.63, 3.8) is 0 Å². The summed E-state index contributed by atoms with van der Waals surface area (Å²) < 4.78 is 41.3. The van der Waals surface area contributed by atoms with Crippen LogP contribution >= 0.6 is 0 Å². The number of benzene rings is 2. The minimum Gasteiger partial charge on any atom is -0.478 e. The van der Waals surface area contributed by atoms with E-state index in [9.17, 15) is 18.3 Å². The Labute approximate surface area is 284 Å². The molecule has 256 valence electrons. The maximum Gasteiger partial charge on any atom is 0.335 e. The number of aromatic nitrogens is 5. The van der Waals surface area contributed by atoms with E-state index >= 15 is 0 Å². The lowest BCUT2D eigenvalue weighted by molar-refractivity contribution is 0.0696. The Morgan fingerprint density at radius 1 is 1.04 bits per heavy atom. The Morgan fingerprint density at radius 2 is 1.78 bits per heavy atom. The molecule has 0 radical (unpaired) electrons. The summed E-state index contributed by atoms with van der Waals surface area (Å²) in [4.78, 5) is 33.7. The molecule has 1 aliphatic rings. The zero-order valence-electron chi connectivity index (χ0n) is 28.0. The number of sulfonamides is 1. The van der Waals surface area contributed by atoms with E-state index in [1.54, 1.807) is 12.3 Å². The van der Waals surface area contributed by atoms with Gasteiger partial charge in [0.1, 0.15) is 6.61 Å². The van der Waals surface area contributed by atoms with Crippen LogP contribution in [0.1, 0.15) is 79.0 Å². The maximum absolute atomic E-state index is 13.4. The smallest absolute Gasteiger partial charge is 0.335 e. The van der Waals surface area contributed by atoms with Crippen molar-refractivity contribution >= 4 is 33.3 Å². The molecule has 1 atom stereocenters. The number of rotatable bonds is 14. The second-order valence-corrected chi connectivity index (χ2v) is 14.9. The highest BCUT2D eigenvalue weighted by molar-refractivity contribution is 7.92. The molecule has 14 heteroatoms. The van der Waals surface area contributed by atoms with Crippen LogP contribution < -0.4 is 14.8 Å². The second-order valence-electron chi connectivity index (χ2n) is 13.2. The number of oxazole rings is 1. The zero-order chi connectivity index (χ0) is 34.9. The number of anilines is 1. The van der Waals surface area contributed by atoms with Crippen LogP contribution in [-0.2, 0) is 16.6 Å². The summed E-state index contributed by atoms with van der Waals surface area (Å²) in [5, 5.41) is 12.9. The van der Waals surface area contributed by atoms with Gasteiger partial charge in [-0.2, -0.15) is 9.97 Å². The fourth-order valence-corrected chi connectivity index (χ4v) is 6.60. The van der Waals surface area contributed by atoms with Gasteiger partial charge in [0.2, 0.25) is 23.4 Å². The van der Waals surface area contributed by atoms with Gasteiger partial charge in [-0.15, -0.1) is 0 Å². The molecule has 6 rings (SSSR count). The van der Waals surface area contributed by atoms with Crippen molar-refractivity contribution in [3.05, 3.63) is 83.0 Å². The van der Waals surface area contributed by atoms with E-state index in [-0.39, 0.29) is 46.3 Å². The fourth-order valence-electron chi connectivity index (χ4n) is 5.61. The number of nitrogens with zero attached hydrogens (tertiary/aromatic N) is 5. The number of hydrogen-bond donors (Lipinski definition) is 3. The van der Waals surface area contributed by atoms with Gasteiger partial charge in [0.25, 0.3) is 15.7 Å². The average molecular weight is 686 g/mol. The Bertz CT molecular complexity index is 2110. The van der Waals surface area contributed by atoms with Gasteiger partial charge in [0.05, 0.1) is 28.0 Å². The van der Waals surface area contributed by atoms with E-state index in [0.29, 0.717) is 35.2 Å². The number of ether oxygens (including phenoxy) is 1. The number of fused-ring (bicyclic) bond motifs is 1. The molecule has 0 saturated heterocycles. The van der Waals surface area contributed by atoms with E-state index in [0.717, 1.165) is 42.0 Å². The molecule has 1 saturated carbocycles. The number of carbonyl (C=O) groups is 1. The predicted molar refractivity (Wildman–Crippen MR) is 183 cm³/mol. The molecule has 0 aliphatic heterocycles. The van der Waals surface area contributed by atoms with E-state index in [2.05, 4.69) is 41.9 Å². The number of nitrogens with one attached hydrogen (secondary N) is 2. The topological polar surface area (TPSA) is 182 Å². The normalized spacial score (nSPS) is 14.6. The molecule has 1 fully saturated rings. The number of carboxylic acids is 1. The van der Waals surface area contributed by atoms with Crippen LogP contribution in [0, 0.1) is 19.3 Å². The first kappa shape index (κ1) is 33.9. The molecule has 1 unspecified atom stereocenters. The second kappa shape index (κ2) is 13.5. The minimum atomic E-state index is -4.24. The first-order chi connectivity index (χ1) is 23.3. The van der Waals surface area contributed by atoms with Crippen LogP contribution in [0.5, 0.6) is 5.88 Å². The monoisotopic (exact) mass is 685 g/mol. The third kappa shape index (κ3) is 8.03. The van der Waals surface area contributed by atoms with Gasteiger partial charge in [0, 0.05) is 30.1 Å². The van der Waals surface area contributed by atoms with E-state index in [1.807, 2.05) is 45.9 Å². The number of carboxylic acid groups (broad SMARTS) is 1. The molecule has 1 aliphatic carbocycles. The molecular weight excluding hydrogens is 646 g/mol. The van der Waals surface area contributed by atoms with Crippen LogP contribution in [0.15, 0.2) is 64.0 Å². The van der Waals surface area contributed by atoms with Crippen molar-refractivity contribution in [1.82, 2.24) is 30.2 Å². The van der Waals surface area contributed by atoms with Crippen molar-refractivity contribution in [2.24, 2.45) is 5.41 Å². The largest absolute Gasteiger partial charge is 0.478 e. The van der Waals surface area contributed by atoms with E-state index in [1.165, 1.54) is 18.2 Å². The molecule has 0 spiro atoms. The maximum atomic E-state index is 13.4. The Morgan fingerprint density at radius 3 is 2.47 bits per heavy atom. The van der Waals surface area contributed by atoms with Gasteiger partial charge in [0.15, 0.2) is 0 Å². The van der Waals surface area contributed by atoms with Gasteiger partial charge in [-0.25, -0.2) is 32.9 Å². The number of aromatic carboxylic acids is 1. The SMILES string of the molecule is Cc1cccc(C)c1-c1cc(OCC(CC2(C)CC2)NCc2cnc3nc(C(C)C)oc3n2)nc(NS(=O)(=O)c2cccc(C(=O)O)c2)n1. The average Bonchev–Trinajstić information content (AvgIpc) is 3.61. The fraction of sp³-hybridized carbons (Fsp3) is 0.371. The van der Waals surface area contributed by atoms with Gasteiger partial charge < -0.3 is 19.6 Å². The van der Waals surface area contributed by atoms with Crippen molar-refractivity contribution in [2.45, 2.75) is 77.3 Å².